The molecule has 0 heterocycles. The fourth-order valence-corrected chi connectivity index (χ4v) is 2.96. The average Bonchev–Trinajstić information content (AvgIpc) is 2.98. The van der Waals surface area contributed by atoms with Crippen LogP contribution in [0.2, 0.25) is 0 Å². The van der Waals surface area contributed by atoms with Crippen molar-refractivity contribution in [1.82, 2.24) is 0 Å². The minimum absolute atomic E-state index is 0.0358. The standard InChI is InChI=1S/C22H24O4/c23-21-16-15-18(20(21)13-6-1-2-7-14-22(24)25)10-8-9-17-26-19-11-4-3-5-12-19/h3-5,11-12,18,20H,6-7,9,13-17H2,(H,24,25)/t18-,20?/m0/s1. The first kappa shape index (κ1) is 19.6. The van der Waals surface area contributed by atoms with Gasteiger partial charge in [0, 0.05) is 37.5 Å². The van der Waals surface area contributed by atoms with Gasteiger partial charge in [0.05, 0.1) is 13.0 Å². The van der Waals surface area contributed by atoms with E-state index in [4.69, 9.17) is 9.84 Å². The molecule has 1 fully saturated rings. The Morgan fingerprint density at radius 1 is 1.12 bits per heavy atom. The van der Waals surface area contributed by atoms with Crippen LogP contribution in [-0.2, 0) is 9.59 Å². The summed E-state index contributed by atoms with van der Waals surface area (Å²) in [7, 11) is 0. The number of hydrogen-bond donors (Lipinski definition) is 1. The van der Waals surface area contributed by atoms with Gasteiger partial charge >= 0.3 is 5.97 Å². The topological polar surface area (TPSA) is 63.6 Å². The number of carboxylic acid groups (broad SMARTS) is 1. The number of ketones is 1. The molecule has 1 unspecified atom stereocenters. The predicted molar refractivity (Wildman–Crippen MR) is 99.4 cm³/mol. The van der Waals surface area contributed by atoms with Crippen LogP contribution in [0.4, 0.5) is 0 Å². The van der Waals surface area contributed by atoms with Gasteiger partial charge < -0.3 is 9.84 Å². The van der Waals surface area contributed by atoms with E-state index in [0.29, 0.717) is 38.7 Å². The van der Waals surface area contributed by atoms with Crippen LogP contribution in [0.15, 0.2) is 30.3 Å². The highest BCUT2D eigenvalue weighted by molar-refractivity contribution is 5.84. The second-order valence-electron chi connectivity index (χ2n) is 6.24. The monoisotopic (exact) mass is 352 g/mol. The third-order valence-electron chi connectivity index (χ3n) is 4.30. The number of Topliss-reactive ketones (excluding diaryl/α,β-unsaturated/α-hetero) is 1. The summed E-state index contributed by atoms with van der Waals surface area (Å²) < 4.78 is 5.61. The van der Waals surface area contributed by atoms with Gasteiger partial charge in [-0.05, 0) is 25.0 Å². The van der Waals surface area contributed by atoms with E-state index in [0.717, 1.165) is 12.2 Å². The van der Waals surface area contributed by atoms with Crippen molar-refractivity contribution in [2.75, 3.05) is 6.61 Å². The molecular weight excluding hydrogens is 328 g/mol. The Labute approximate surface area is 154 Å². The lowest BCUT2D eigenvalue weighted by Crippen LogP contribution is -2.13. The van der Waals surface area contributed by atoms with E-state index in [1.54, 1.807) is 0 Å². The average molecular weight is 352 g/mol. The summed E-state index contributed by atoms with van der Waals surface area (Å²) in [5, 5.41) is 8.56. The Morgan fingerprint density at radius 3 is 2.65 bits per heavy atom. The smallest absolute Gasteiger partial charge is 0.304 e. The molecule has 0 bridgehead atoms. The third kappa shape index (κ3) is 7.03. The number of benzene rings is 1. The first-order valence-electron chi connectivity index (χ1n) is 9.03. The van der Waals surface area contributed by atoms with Crippen LogP contribution in [0.3, 0.4) is 0 Å². The SMILES string of the molecule is O=C(O)CCC#CCCC1C(=O)CC[C@@H]1C#CCCOc1ccccc1. The van der Waals surface area contributed by atoms with E-state index in [-0.39, 0.29) is 24.0 Å². The van der Waals surface area contributed by atoms with Crippen LogP contribution >= 0.6 is 0 Å². The summed E-state index contributed by atoms with van der Waals surface area (Å²) >= 11 is 0. The van der Waals surface area contributed by atoms with E-state index < -0.39 is 5.97 Å². The Balaban J connectivity index is 1.72. The largest absolute Gasteiger partial charge is 0.493 e. The first-order valence-corrected chi connectivity index (χ1v) is 9.03. The van der Waals surface area contributed by atoms with E-state index in [1.165, 1.54) is 0 Å². The number of carboxylic acids is 1. The summed E-state index contributed by atoms with van der Waals surface area (Å²) in [5.74, 6) is 12.6. The second-order valence-corrected chi connectivity index (χ2v) is 6.24. The molecule has 2 rings (SSSR count). The van der Waals surface area contributed by atoms with E-state index in [2.05, 4.69) is 23.7 Å². The van der Waals surface area contributed by atoms with Crippen molar-refractivity contribution >= 4 is 11.8 Å². The minimum atomic E-state index is -0.836. The van der Waals surface area contributed by atoms with E-state index >= 15 is 0 Å². The number of para-hydroxylation sites is 1. The van der Waals surface area contributed by atoms with Crippen LogP contribution in [0.1, 0.15) is 44.9 Å². The van der Waals surface area contributed by atoms with Gasteiger partial charge in [0.15, 0.2) is 0 Å². The maximum atomic E-state index is 12.0. The van der Waals surface area contributed by atoms with Gasteiger partial charge in [-0.2, -0.15) is 0 Å². The molecule has 1 aromatic rings. The van der Waals surface area contributed by atoms with Crippen molar-refractivity contribution in [2.45, 2.75) is 44.9 Å². The molecule has 136 valence electrons. The molecule has 1 aliphatic rings. The van der Waals surface area contributed by atoms with E-state index in [9.17, 15) is 9.59 Å². The fraction of sp³-hybridized carbons (Fsp3) is 0.455. The van der Waals surface area contributed by atoms with Gasteiger partial charge in [0.1, 0.15) is 11.5 Å². The zero-order valence-corrected chi connectivity index (χ0v) is 14.9. The highest BCUT2D eigenvalue weighted by Crippen LogP contribution is 2.31. The fourth-order valence-electron chi connectivity index (χ4n) is 2.96. The Morgan fingerprint density at radius 2 is 1.88 bits per heavy atom. The summed E-state index contributed by atoms with van der Waals surface area (Å²) in [4.78, 5) is 22.5. The zero-order chi connectivity index (χ0) is 18.6. The summed E-state index contributed by atoms with van der Waals surface area (Å²) in [6.45, 7) is 0.539. The number of carbonyl (C=O) groups excluding carboxylic acids is 1. The molecule has 1 saturated carbocycles. The zero-order valence-electron chi connectivity index (χ0n) is 14.9. The summed E-state index contributed by atoms with van der Waals surface area (Å²) in [5.41, 5.74) is 0. The van der Waals surface area contributed by atoms with Gasteiger partial charge in [-0.1, -0.05) is 30.0 Å². The predicted octanol–water partition coefficient (Wildman–Crippen LogP) is 3.70. The lowest BCUT2D eigenvalue weighted by molar-refractivity contribution is -0.136. The molecular formula is C22H24O4. The van der Waals surface area contributed by atoms with Crippen LogP contribution in [-0.4, -0.2) is 23.5 Å². The molecule has 1 aromatic carbocycles. The van der Waals surface area contributed by atoms with Crippen molar-refractivity contribution in [3.8, 4) is 29.4 Å². The minimum Gasteiger partial charge on any atom is -0.493 e. The lowest BCUT2D eigenvalue weighted by atomic mass is 9.91. The maximum Gasteiger partial charge on any atom is 0.304 e. The van der Waals surface area contributed by atoms with Gasteiger partial charge in [-0.15, -0.1) is 11.8 Å². The molecule has 2 atom stereocenters. The molecule has 26 heavy (non-hydrogen) atoms. The van der Waals surface area contributed by atoms with Gasteiger partial charge in [-0.3, -0.25) is 9.59 Å². The number of ether oxygens (including phenoxy) is 1. The van der Waals surface area contributed by atoms with E-state index in [1.807, 2.05) is 30.3 Å². The molecule has 0 aromatic heterocycles. The quantitative estimate of drug-likeness (QED) is 0.600. The Bertz CT molecular complexity index is 715. The van der Waals surface area contributed by atoms with Crippen molar-refractivity contribution in [1.29, 1.82) is 0 Å². The normalized spacial score (nSPS) is 18.4. The molecule has 1 aliphatic carbocycles. The van der Waals surface area contributed by atoms with Gasteiger partial charge in [-0.25, -0.2) is 0 Å². The van der Waals surface area contributed by atoms with Crippen LogP contribution in [0.25, 0.3) is 0 Å². The number of rotatable bonds is 7. The van der Waals surface area contributed by atoms with Gasteiger partial charge in [0.2, 0.25) is 0 Å². The van der Waals surface area contributed by atoms with Crippen LogP contribution < -0.4 is 4.74 Å². The molecule has 0 spiro atoms. The summed E-state index contributed by atoms with van der Waals surface area (Å²) in [6.07, 6.45) is 3.80. The first-order chi connectivity index (χ1) is 12.7. The third-order valence-corrected chi connectivity index (χ3v) is 4.30. The number of hydrogen-bond acceptors (Lipinski definition) is 3. The highest BCUT2D eigenvalue weighted by Gasteiger charge is 2.32. The molecule has 0 saturated heterocycles. The second kappa shape index (κ2) is 11.0. The maximum absolute atomic E-state index is 12.0. The molecule has 4 nitrogen and oxygen atoms in total. The molecule has 0 amide bonds. The highest BCUT2D eigenvalue weighted by atomic mass is 16.5. The van der Waals surface area contributed by atoms with Crippen molar-refractivity contribution in [3.05, 3.63) is 30.3 Å². The number of carbonyl (C=O) groups is 2. The van der Waals surface area contributed by atoms with Gasteiger partial charge in [0.25, 0.3) is 0 Å². The lowest BCUT2D eigenvalue weighted by Gasteiger charge is -2.11. The van der Waals surface area contributed by atoms with Crippen LogP contribution in [0.5, 0.6) is 5.75 Å². The van der Waals surface area contributed by atoms with Crippen LogP contribution in [0, 0.1) is 35.5 Å². The van der Waals surface area contributed by atoms with Crippen molar-refractivity contribution < 1.29 is 19.4 Å². The van der Waals surface area contributed by atoms with Crippen molar-refractivity contribution in [2.24, 2.45) is 11.8 Å². The molecule has 4 heteroatoms. The summed E-state index contributed by atoms with van der Waals surface area (Å²) in [6, 6.07) is 9.63. The Hall–Kier alpha value is -2.72. The Kier molecular flexibility index (Phi) is 8.30. The molecule has 0 radical (unpaired) electrons. The molecule has 1 N–H and O–H groups in total. The van der Waals surface area contributed by atoms with Crippen molar-refractivity contribution in [3.63, 3.8) is 0 Å². The molecule has 0 aliphatic heterocycles. The number of aliphatic carboxylic acids is 1.